The van der Waals surface area contributed by atoms with Gasteiger partial charge in [0.15, 0.2) is 5.82 Å². The number of aliphatic hydroxyl groups excluding tert-OH is 1. The fourth-order valence-electron chi connectivity index (χ4n) is 3.87. The lowest BCUT2D eigenvalue weighted by atomic mass is 9.99. The summed E-state index contributed by atoms with van der Waals surface area (Å²) in [5.41, 5.74) is 1.71. The van der Waals surface area contributed by atoms with Gasteiger partial charge in [-0.25, -0.2) is 15.0 Å². The van der Waals surface area contributed by atoms with Gasteiger partial charge < -0.3 is 19.6 Å². The second-order valence-corrected chi connectivity index (χ2v) is 8.07. The van der Waals surface area contributed by atoms with E-state index in [4.69, 9.17) is 14.7 Å². The van der Waals surface area contributed by atoms with Crippen LogP contribution in [0.4, 0.5) is 11.8 Å². The number of rotatable bonds is 3. The highest BCUT2D eigenvalue weighted by Crippen LogP contribution is 2.37. The van der Waals surface area contributed by atoms with Crippen LogP contribution in [0.25, 0.3) is 20.6 Å². The first-order valence-corrected chi connectivity index (χ1v) is 10.2. The summed E-state index contributed by atoms with van der Waals surface area (Å²) < 4.78 is 6.56. The van der Waals surface area contributed by atoms with Crippen molar-refractivity contribution in [2.45, 2.75) is 12.8 Å². The zero-order valence-electron chi connectivity index (χ0n) is 15.0. The van der Waals surface area contributed by atoms with E-state index >= 15 is 0 Å². The van der Waals surface area contributed by atoms with Crippen molar-refractivity contribution in [2.75, 3.05) is 55.8 Å². The Morgan fingerprint density at radius 3 is 2.78 bits per heavy atom. The van der Waals surface area contributed by atoms with Crippen LogP contribution in [0.1, 0.15) is 12.8 Å². The molecule has 3 aromatic rings. The number of aromatic nitrogens is 4. The van der Waals surface area contributed by atoms with E-state index in [0.29, 0.717) is 13.2 Å². The lowest BCUT2D eigenvalue weighted by Crippen LogP contribution is -2.39. The van der Waals surface area contributed by atoms with Gasteiger partial charge in [-0.05, 0) is 18.8 Å². The fourth-order valence-corrected chi connectivity index (χ4v) is 4.93. The molecule has 2 aliphatic heterocycles. The molecule has 0 spiro atoms. The summed E-state index contributed by atoms with van der Waals surface area (Å²) in [7, 11) is 0. The monoisotopic (exact) mass is 386 g/mol. The first-order chi connectivity index (χ1) is 13.3. The number of anilines is 2. The van der Waals surface area contributed by atoms with Gasteiger partial charge >= 0.3 is 0 Å². The standard InChI is InChI=1S/C18H22N6O2S/c25-11-12-2-1-5-24(10-12)18-21-13-14-17(20-4-3-19-14)27-15(13)16(22-18)23-6-8-26-9-7-23/h3-4,12,25H,1-2,5-11H2. The van der Waals surface area contributed by atoms with Gasteiger partial charge in [0.1, 0.15) is 20.6 Å². The van der Waals surface area contributed by atoms with Crippen LogP contribution in [0.3, 0.4) is 0 Å². The molecule has 3 aromatic heterocycles. The molecule has 2 aliphatic rings. The second-order valence-electron chi connectivity index (χ2n) is 7.07. The average molecular weight is 386 g/mol. The van der Waals surface area contributed by atoms with E-state index in [-0.39, 0.29) is 12.5 Å². The van der Waals surface area contributed by atoms with Gasteiger partial charge in [0.25, 0.3) is 0 Å². The lowest BCUT2D eigenvalue weighted by molar-refractivity contribution is 0.122. The van der Waals surface area contributed by atoms with Crippen molar-refractivity contribution in [3.63, 3.8) is 0 Å². The van der Waals surface area contributed by atoms with Crippen molar-refractivity contribution < 1.29 is 9.84 Å². The predicted molar refractivity (Wildman–Crippen MR) is 106 cm³/mol. The maximum absolute atomic E-state index is 9.59. The quantitative estimate of drug-likeness (QED) is 0.728. The number of fused-ring (bicyclic) bond motifs is 3. The van der Waals surface area contributed by atoms with E-state index in [1.165, 1.54) is 0 Å². The molecule has 9 heteroatoms. The molecule has 8 nitrogen and oxygen atoms in total. The van der Waals surface area contributed by atoms with Crippen LogP contribution in [0.2, 0.25) is 0 Å². The summed E-state index contributed by atoms with van der Waals surface area (Å²) in [5, 5.41) is 9.59. The van der Waals surface area contributed by atoms with E-state index in [1.54, 1.807) is 23.7 Å². The average Bonchev–Trinajstić information content (AvgIpc) is 3.12. The Hall–Kier alpha value is -2.10. The molecule has 5 rings (SSSR count). The minimum atomic E-state index is 0.210. The third-order valence-corrected chi connectivity index (χ3v) is 6.37. The molecular weight excluding hydrogens is 364 g/mol. The summed E-state index contributed by atoms with van der Waals surface area (Å²) in [4.78, 5) is 24.2. The van der Waals surface area contributed by atoms with Crippen molar-refractivity contribution in [1.82, 2.24) is 19.9 Å². The van der Waals surface area contributed by atoms with E-state index in [9.17, 15) is 5.11 Å². The molecule has 0 amide bonds. The molecule has 27 heavy (non-hydrogen) atoms. The van der Waals surface area contributed by atoms with Crippen molar-refractivity contribution in [1.29, 1.82) is 0 Å². The summed E-state index contributed by atoms with van der Waals surface area (Å²) in [6.45, 7) is 4.97. The van der Waals surface area contributed by atoms with Crippen molar-refractivity contribution >= 4 is 43.7 Å². The molecule has 0 radical (unpaired) electrons. The minimum Gasteiger partial charge on any atom is -0.396 e. The summed E-state index contributed by atoms with van der Waals surface area (Å²) in [6, 6.07) is 0. The van der Waals surface area contributed by atoms with Gasteiger partial charge in [-0.2, -0.15) is 4.98 Å². The number of nitrogens with zero attached hydrogens (tertiary/aromatic N) is 6. The van der Waals surface area contributed by atoms with Gasteiger partial charge in [0.05, 0.1) is 13.2 Å². The third-order valence-electron chi connectivity index (χ3n) is 5.29. The number of ether oxygens (including phenoxy) is 1. The number of morpholine rings is 1. The zero-order chi connectivity index (χ0) is 18.2. The molecule has 1 N–H and O–H groups in total. The zero-order valence-corrected chi connectivity index (χ0v) is 15.9. The minimum absolute atomic E-state index is 0.210. The van der Waals surface area contributed by atoms with Crippen molar-refractivity contribution in [2.24, 2.45) is 5.92 Å². The Labute approximate surface area is 160 Å². The highest BCUT2D eigenvalue weighted by molar-refractivity contribution is 7.25. The molecule has 0 aromatic carbocycles. The SMILES string of the molecule is OCC1CCCN(c2nc(N3CCOCC3)c3sc4nccnc4c3n2)C1. The van der Waals surface area contributed by atoms with Gasteiger partial charge in [0, 0.05) is 45.2 Å². The maximum Gasteiger partial charge on any atom is 0.228 e. The highest BCUT2D eigenvalue weighted by Gasteiger charge is 2.26. The predicted octanol–water partition coefficient (Wildman–Crippen LogP) is 1.68. The fraction of sp³-hybridized carbons (Fsp3) is 0.556. The number of aliphatic hydroxyl groups is 1. The Kier molecular flexibility index (Phi) is 4.50. The van der Waals surface area contributed by atoms with Gasteiger partial charge in [-0.3, -0.25) is 0 Å². The third kappa shape index (κ3) is 3.09. The molecule has 2 saturated heterocycles. The highest BCUT2D eigenvalue weighted by atomic mass is 32.1. The molecule has 1 atom stereocenters. The van der Waals surface area contributed by atoms with Crippen LogP contribution < -0.4 is 9.80 Å². The molecule has 0 bridgehead atoms. The first kappa shape index (κ1) is 17.0. The lowest BCUT2D eigenvalue weighted by Gasteiger charge is -2.33. The molecule has 0 aliphatic carbocycles. The smallest absolute Gasteiger partial charge is 0.228 e. The summed E-state index contributed by atoms with van der Waals surface area (Å²) >= 11 is 1.60. The topological polar surface area (TPSA) is 87.5 Å². The Bertz CT molecular complexity index is 958. The second kappa shape index (κ2) is 7.14. The largest absolute Gasteiger partial charge is 0.396 e. The molecular formula is C18H22N6O2S. The van der Waals surface area contributed by atoms with E-state index in [1.807, 2.05) is 0 Å². The number of hydrogen-bond acceptors (Lipinski definition) is 9. The van der Waals surface area contributed by atoms with Crippen LogP contribution in [0.15, 0.2) is 12.4 Å². The van der Waals surface area contributed by atoms with Crippen LogP contribution >= 0.6 is 11.3 Å². The van der Waals surface area contributed by atoms with E-state index in [0.717, 1.165) is 71.4 Å². The Morgan fingerprint density at radius 2 is 1.93 bits per heavy atom. The molecule has 0 saturated carbocycles. The van der Waals surface area contributed by atoms with E-state index in [2.05, 4.69) is 19.8 Å². The summed E-state index contributed by atoms with van der Waals surface area (Å²) in [5.74, 6) is 1.96. The van der Waals surface area contributed by atoms with Crippen molar-refractivity contribution in [3.05, 3.63) is 12.4 Å². The first-order valence-electron chi connectivity index (χ1n) is 9.43. The van der Waals surface area contributed by atoms with Crippen LogP contribution in [-0.2, 0) is 4.74 Å². The molecule has 5 heterocycles. The van der Waals surface area contributed by atoms with E-state index < -0.39 is 0 Å². The van der Waals surface area contributed by atoms with Crippen LogP contribution in [0, 0.1) is 5.92 Å². The van der Waals surface area contributed by atoms with Crippen LogP contribution in [-0.4, -0.2) is 71.0 Å². The van der Waals surface area contributed by atoms with Gasteiger partial charge in [-0.15, -0.1) is 11.3 Å². The molecule has 1 unspecified atom stereocenters. The normalized spacial score (nSPS) is 21.3. The van der Waals surface area contributed by atoms with Gasteiger partial charge in [-0.1, -0.05) is 0 Å². The maximum atomic E-state index is 9.59. The number of thiophene rings is 1. The summed E-state index contributed by atoms with van der Waals surface area (Å²) in [6.07, 6.45) is 5.53. The Morgan fingerprint density at radius 1 is 1.07 bits per heavy atom. The van der Waals surface area contributed by atoms with Crippen molar-refractivity contribution in [3.8, 4) is 0 Å². The van der Waals surface area contributed by atoms with Gasteiger partial charge in [0.2, 0.25) is 5.95 Å². The number of piperidine rings is 1. The Balaban J connectivity index is 1.66. The van der Waals surface area contributed by atoms with Crippen LogP contribution in [0.5, 0.6) is 0 Å². The number of hydrogen-bond donors (Lipinski definition) is 1. The molecule has 2 fully saturated rings. The molecule has 142 valence electrons.